The van der Waals surface area contributed by atoms with Gasteiger partial charge in [0.1, 0.15) is 5.75 Å². The maximum absolute atomic E-state index is 13.3. The van der Waals surface area contributed by atoms with E-state index in [1.807, 2.05) is 37.3 Å². The number of hydrogen-bond donors (Lipinski definition) is 1. The van der Waals surface area contributed by atoms with E-state index in [-0.39, 0.29) is 5.91 Å². The van der Waals surface area contributed by atoms with E-state index in [4.69, 9.17) is 9.47 Å². The molecule has 0 aliphatic rings. The SMILES string of the molecule is CCOc1cc(C(=O)N(C)Cc2c(OC)ncc3cn[nH]c23)ccc1-c1cccc(P)c1. The molecule has 0 fully saturated rings. The molecule has 0 saturated heterocycles. The smallest absolute Gasteiger partial charge is 0.254 e. The third-order valence-corrected chi connectivity index (χ3v) is 5.57. The van der Waals surface area contributed by atoms with Gasteiger partial charge in [-0.1, -0.05) is 18.2 Å². The lowest BCUT2D eigenvalue weighted by molar-refractivity contribution is 0.0784. The summed E-state index contributed by atoms with van der Waals surface area (Å²) < 4.78 is 11.3. The number of nitrogens with zero attached hydrogens (tertiary/aromatic N) is 3. The van der Waals surface area contributed by atoms with Crippen molar-refractivity contribution >= 4 is 31.4 Å². The van der Waals surface area contributed by atoms with E-state index in [1.165, 1.54) is 0 Å². The summed E-state index contributed by atoms with van der Waals surface area (Å²) in [5, 5.41) is 9.00. The highest BCUT2D eigenvalue weighted by atomic mass is 31.0. The molecule has 2 aromatic carbocycles. The maximum Gasteiger partial charge on any atom is 0.254 e. The molecule has 1 amide bonds. The summed E-state index contributed by atoms with van der Waals surface area (Å²) in [6.45, 7) is 2.75. The molecule has 8 heteroatoms. The van der Waals surface area contributed by atoms with Crippen LogP contribution in [-0.4, -0.2) is 46.8 Å². The van der Waals surface area contributed by atoms with Crippen molar-refractivity contribution < 1.29 is 14.3 Å². The molecule has 0 bridgehead atoms. The Morgan fingerprint density at radius 3 is 2.78 bits per heavy atom. The minimum absolute atomic E-state index is 0.129. The summed E-state index contributed by atoms with van der Waals surface area (Å²) >= 11 is 0. The molecule has 4 rings (SSSR count). The predicted molar refractivity (Wildman–Crippen MR) is 129 cm³/mol. The van der Waals surface area contributed by atoms with E-state index >= 15 is 0 Å². The molecule has 2 heterocycles. The summed E-state index contributed by atoms with van der Waals surface area (Å²) in [7, 11) is 6.02. The molecule has 0 radical (unpaired) electrons. The minimum Gasteiger partial charge on any atom is -0.493 e. The number of hydrogen-bond acceptors (Lipinski definition) is 5. The second kappa shape index (κ2) is 9.37. The molecule has 4 aromatic rings. The van der Waals surface area contributed by atoms with Gasteiger partial charge in [-0.3, -0.25) is 9.89 Å². The fourth-order valence-electron chi connectivity index (χ4n) is 3.68. The van der Waals surface area contributed by atoms with Crippen LogP contribution in [0.4, 0.5) is 0 Å². The molecular weight excluding hydrogens is 423 g/mol. The molecule has 0 aliphatic heterocycles. The van der Waals surface area contributed by atoms with Gasteiger partial charge in [0.05, 0.1) is 37.5 Å². The number of methoxy groups -OCH3 is 1. The van der Waals surface area contributed by atoms with E-state index in [9.17, 15) is 4.79 Å². The number of carbonyl (C=O) groups excluding carboxylic acids is 1. The molecule has 1 N–H and O–H groups in total. The Hall–Kier alpha value is -3.44. The number of benzene rings is 2. The van der Waals surface area contributed by atoms with Crippen molar-refractivity contribution in [1.82, 2.24) is 20.1 Å². The molecule has 1 unspecified atom stereocenters. The summed E-state index contributed by atoms with van der Waals surface area (Å²) in [5.41, 5.74) is 4.11. The zero-order chi connectivity index (χ0) is 22.7. The first-order valence-corrected chi connectivity index (χ1v) is 10.8. The highest BCUT2D eigenvalue weighted by Gasteiger charge is 2.19. The van der Waals surface area contributed by atoms with Crippen LogP contribution in [0.15, 0.2) is 54.9 Å². The fraction of sp³-hybridized carbons (Fsp3) is 0.208. The molecule has 7 nitrogen and oxygen atoms in total. The van der Waals surface area contributed by atoms with Crippen LogP contribution in [-0.2, 0) is 6.54 Å². The van der Waals surface area contributed by atoms with E-state index in [2.05, 4.69) is 30.5 Å². The quantitative estimate of drug-likeness (QED) is 0.435. The number of ether oxygens (including phenoxy) is 2. The number of fused-ring (bicyclic) bond motifs is 1. The topological polar surface area (TPSA) is 80.3 Å². The van der Waals surface area contributed by atoms with Gasteiger partial charge >= 0.3 is 0 Å². The molecule has 0 saturated carbocycles. The van der Waals surface area contributed by atoms with Gasteiger partial charge < -0.3 is 14.4 Å². The summed E-state index contributed by atoms with van der Waals surface area (Å²) in [5.74, 6) is 1.01. The average Bonchev–Trinajstić information content (AvgIpc) is 3.28. The van der Waals surface area contributed by atoms with Crippen LogP contribution in [0.1, 0.15) is 22.8 Å². The Morgan fingerprint density at radius 2 is 2.03 bits per heavy atom. The largest absolute Gasteiger partial charge is 0.493 e. The van der Waals surface area contributed by atoms with Crippen LogP contribution >= 0.6 is 9.24 Å². The third-order valence-electron chi connectivity index (χ3n) is 5.21. The summed E-state index contributed by atoms with van der Waals surface area (Å²) in [4.78, 5) is 19.2. The van der Waals surface area contributed by atoms with Crippen LogP contribution in [0.5, 0.6) is 11.6 Å². The Bertz CT molecular complexity index is 1270. The van der Waals surface area contributed by atoms with Crippen molar-refractivity contribution in [2.45, 2.75) is 13.5 Å². The van der Waals surface area contributed by atoms with Crippen LogP contribution in [0.25, 0.3) is 22.0 Å². The monoisotopic (exact) mass is 448 g/mol. The standard InChI is InChI=1S/C24H25N4O3P/c1-4-31-21-11-16(8-9-19(21)15-6-5-7-18(32)10-15)24(29)28(2)14-20-22-17(13-26-27-22)12-25-23(20)30-3/h5-13H,4,14,32H2,1-3H3,(H,26,27). The van der Waals surface area contributed by atoms with Crippen molar-refractivity contribution in [3.8, 4) is 22.8 Å². The molecule has 1 atom stereocenters. The van der Waals surface area contributed by atoms with Crippen LogP contribution in [0.3, 0.4) is 0 Å². The lowest BCUT2D eigenvalue weighted by Crippen LogP contribution is -2.26. The second-order valence-corrected chi connectivity index (χ2v) is 8.04. The molecule has 32 heavy (non-hydrogen) atoms. The van der Waals surface area contributed by atoms with E-state index in [0.29, 0.717) is 30.3 Å². The van der Waals surface area contributed by atoms with Gasteiger partial charge in [-0.05, 0) is 42.1 Å². The number of pyridine rings is 1. The van der Waals surface area contributed by atoms with E-state index in [0.717, 1.165) is 32.9 Å². The number of rotatable bonds is 7. The van der Waals surface area contributed by atoms with Gasteiger partial charge in [-0.2, -0.15) is 5.10 Å². The number of amides is 1. The zero-order valence-corrected chi connectivity index (χ0v) is 19.4. The second-order valence-electron chi connectivity index (χ2n) is 7.38. The lowest BCUT2D eigenvalue weighted by atomic mass is 10.0. The Kier molecular flexibility index (Phi) is 6.37. The van der Waals surface area contributed by atoms with Crippen LogP contribution in [0, 0.1) is 0 Å². The van der Waals surface area contributed by atoms with Crippen LogP contribution in [0.2, 0.25) is 0 Å². The number of aromatic amines is 1. The van der Waals surface area contributed by atoms with Crippen molar-refractivity contribution in [3.63, 3.8) is 0 Å². The molecule has 164 valence electrons. The maximum atomic E-state index is 13.3. The summed E-state index contributed by atoms with van der Waals surface area (Å²) in [6, 6.07) is 13.7. The minimum atomic E-state index is -0.129. The number of aromatic nitrogens is 3. The summed E-state index contributed by atoms with van der Waals surface area (Å²) in [6.07, 6.45) is 3.39. The zero-order valence-electron chi connectivity index (χ0n) is 18.3. The Labute approximate surface area is 189 Å². The van der Waals surface area contributed by atoms with E-state index in [1.54, 1.807) is 37.5 Å². The first kappa shape index (κ1) is 21.8. The molecule has 2 aromatic heterocycles. The van der Waals surface area contributed by atoms with Crippen LogP contribution < -0.4 is 14.8 Å². The highest BCUT2D eigenvalue weighted by molar-refractivity contribution is 7.27. The Balaban J connectivity index is 1.64. The van der Waals surface area contributed by atoms with Crippen molar-refractivity contribution in [2.75, 3.05) is 20.8 Å². The normalized spacial score (nSPS) is 10.9. The predicted octanol–water partition coefficient (Wildman–Crippen LogP) is 3.80. The third kappa shape index (κ3) is 4.30. The number of carbonyl (C=O) groups is 1. The number of nitrogens with one attached hydrogen (secondary N) is 1. The van der Waals surface area contributed by atoms with Crippen molar-refractivity contribution in [1.29, 1.82) is 0 Å². The highest BCUT2D eigenvalue weighted by Crippen LogP contribution is 2.32. The average molecular weight is 448 g/mol. The first-order chi connectivity index (χ1) is 15.5. The lowest BCUT2D eigenvalue weighted by Gasteiger charge is -2.20. The van der Waals surface area contributed by atoms with Crippen molar-refractivity contribution in [2.24, 2.45) is 0 Å². The molecule has 0 aliphatic carbocycles. The van der Waals surface area contributed by atoms with Gasteiger partial charge in [0, 0.05) is 29.8 Å². The fourth-order valence-corrected chi connectivity index (χ4v) is 3.97. The molecular formula is C24H25N4O3P. The van der Waals surface area contributed by atoms with Gasteiger partial charge in [0.25, 0.3) is 5.91 Å². The van der Waals surface area contributed by atoms with Gasteiger partial charge in [0.15, 0.2) is 0 Å². The van der Waals surface area contributed by atoms with Gasteiger partial charge in [0.2, 0.25) is 5.88 Å². The van der Waals surface area contributed by atoms with E-state index < -0.39 is 0 Å². The van der Waals surface area contributed by atoms with Gasteiger partial charge in [-0.15, -0.1) is 9.24 Å². The Morgan fingerprint density at radius 1 is 1.19 bits per heavy atom. The van der Waals surface area contributed by atoms with Crippen molar-refractivity contribution in [3.05, 3.63) is 66.0 Å². The first-order valence-electron chi connectivity index (χ1n) is 10.2. The van der Waals surface area contributed by atoms with Gasteiger partial charge in [-0.25, -0.2) is 4.98 Å². The number of H-pyrrole nitrogens is 1. The molecule has 0 spiro atoms.